The van der Waals surface area contributed by atoms with Gasteiger partial charge in [-0.05, 0) is 49.8 Å². The van der Waals surface area contributed by atoms with Crippen LogP contribution in [0.1, 0.15) is 17.0 Å². The highest BCUT2D eigenvalue weighted by Crippen LogP contribution is 2.33. The van der Waals surface area contributed by atoms with Gasteiger partial charge in [0.25, 0.3) is 5.91 Å². The Morgan fingerprint density at radius 2 is 2.00 bits per heavy atom. The van der Waals surface area contributed by atoms with Crippen LogP contribution in [0.5, 0.6) is 0 Å². The summed E-state index contributed by atoms with van der Waals surface area (Å²) in [5.74, 6) is -0.547. The third-order valence-corrected chi connectivity index (χ3v) is 5.68. The lowest BCUT2D eigenvalue weighted by Gasteiger charge is -2.10. The predicted molar refractivity (Wildman–Crippen MR) is 101 cm³/mol. The van der Waals surface area contributed by atoms with E-state index in [4.69, 9.17) is 23.8 Å². The van der Waals surface area contributed by atoms with Gasteiger partial charge in [0.1, 0.15) is 10.1 Å². The fourth-order valence-electron chi connectivity index (χ4n) is 2.64. The average Bonchev–Trinajstić information content (AvgIpc) is 2.94. The van der Waals surface area contributed by atoms with Crippen LogP contribution in [-0.2, 0) is 4.79 Å². The Hall–Kier alpha value is -1.63. The summed E-state index contributed by atoms with van der Waals surface area (Å²) in [6.07, 6.45) is 1.84. The zero-order valence-electron chi connectivity index (χ0n) is 13.3. The predicted octanol–water partition coefficient (Wildman–Crippen LogP) is 4.72. The summed E-state index contributed by atoms with van der Waals surface area (Å²) in [6.45, 7) is 3.90. The number of hydrogen-bond donors (Lipinski definition) is 0. The summed E-state index contributed by atoms with van der Waals surface area (Å²) in [6, 6.07) is 6.59. The van der Waals surface area contributed by atoms with Crippen LogP contribution in [0.3, 0.4) is 0 Å². The number of carbonyl (C=O) groups is 1. The molecule has 1 aliphatic rings. The van der Waals surface area contributed by atoms with E-state index in [0.29, 0.717) is 9.23 Å². The second kappa shape index (κ2) is 6.35. The molecule has 124 valence electrons. The highest BCUT2D eigenvalue weighted by molar-refractivity contribution is 8.26. The molecule has 0 spiro atoms. The van der Waals surface area contributed by atoms with Gasteiger partial charge < -0.3 is 4.57 Å². The normalized spacial score (nSPS) is 16.5. The van der Waals surface area contributed by atoms with Gasteiger partial charge in [0, 0.05) is 24.1 Å². The maximum atomic E-state index is 13.4. The third kappa shape index (κ3) is 2.90. The number of aromatic nitrogens is 1. The van der Waals surface area contributed by atoms with Gasteiger partial charge in [0.15, 0.2) is 0 Å². The zero-order valence-corrected chi connectivity index (χ0v) is 15.7. The third-order valence-electron chi connectivity index (χ3n) is 3.90. The van der Waals surface area contributed by atoms with E-state index in [1.54, 1.807) is 19.2 Å². The smallest absolute Gasteiger partial charge is 0.265 e. The van der Waals surface area contributed by atoms with Crippen molar-refractivity contribution in [2.75, 3.05) is 7.05 Å². The molecule has 0 bridgehead atoms. The van der Waals surface area contributed by atoms with Crippen molar-refractivity contribution in [1.82, 2.24) is 9.47 Å². The molecule has 1 amide bonds. The van der Waals surface area contributed by atoms with Crippen LogP contribution in [0.2, 0.25) is 5.02 Å². The molecule has 2 heterocycles. The van der Waals surface area contributed by atoms with Crippen molar-refractivity contribution in [3.63, 3.8) is 0 Å². The zero-order chi connectivity index (χ0) is 17.6. The number of hydrogen-bond acceptors (Lipinski definition) is 3. The summed E-state index contributed by atoms with van der Waals surface area (Å²) < 4.78 is 15.9. The lowest BCUT2D eigenvalue weighted by Crippen LogP contribution is -2.22. The molecular weight excluding hydrogens is 367 g/mol. The van der Waals surface area contributed by atoms with Gasteiger partial charge in [-0.1, -0.05) is 35.6 Å². The minimum absolute atomic E-state index is 0.0772. The number of thiocarbonyl (C=S) groups is 1. The number of likely N-dealkylation sites (N-methyl/N-ethyl adjacent to an activating group) is 1. The number of rotatable bonds is 2. The molecule has 0 radical (unpaired) electrons. The Morgan fingerprint density at radius 3 is 2.58 bits per heavy atom. The van der Waals surface area contributed by atoms with Crippen LogP contribution < -0.4 is 0 Å². The lowest BCUT2D eigenvalue weighted by molar-refractivity contribution is -0.121. The van der Waals surface area contributed by atoms with Crippen LogP contribution in [-0.4, -0.2) is 26.7 Å². The molecule has 0 atom stereocenters. The van der Waals surface area contributed by atoms with E-state index in [0.717, 1.165) is 22.6 Å². The molecule has 1 saturated heterocycles. The first-order chi connectivity index (χ1) is 11.3. The second-order valence-corrected chi connectivity index (χ2v) is 7.58. The quantitative estimate of drug-likeness (QED) is 0.557. The van der Waals surface area contributed by atoms with Crippen molar-refractivity contribution in [2.24, 2.45) is 0 Å². The summed E-state index contributed by atoms with van der Waals surface area (Å²) in [4.78, 5) is 14.2. The molecule has 0 N–H and O–H groups in total. The van der Waals surface area contributed by atoms with Crippen molar-refractivity contribution in [3.05, 3.63) is 57.0 Å². The van der Waals surface area contributed by atoms with Gasteiger partial charge in [-0.25, -0.2) is 4.39 Å². The fourth-order valence-corrected chi connectivity index (χ4v) is 3.99. The summed E-state index contributed by atoms with van der Waals surface area (Å²) >= 11 is 12.3. The highest BCUT2D eigenvalue weighted by Gasteiger charge is 2.29. The SMILES string of the molecule is Cc1cc(C=C2SC(=S)N(C)C2=O)c(C)n1-c1ccc(F)c(Cl)c1. The largest absolute Gasteiger partial charge is 0.318 e. The van der Waals surface area contributed by atoms with Crippen molar-refractivity contribution >= 4 is 51.9 Å². The maximum absolute atomic E-state index is 13.4. The number of thioether (sulfide) groups is 1. The van der Waals surface area contributed by atoms with E-state index < -0.39 is 5.82 Å². The first-order valence-corrected chi connectivity index (χ1v) is 8.76. The molecule has 0 unspecified atom stereocenters. The summed E-state index contributed by atoms with van der Waals surface area (Å²) in [5, 5.41) is 0.0772. The minimum Gasteiger partial charge on any atom is -0.318 e. The lowest BCUT2D eigenvalue weighted by atomic mass is 10.2. The van der Waals surface area contributed by atoms with Gasteiger partial charge in [0.2, 0.25) is 0 Å². The Morgan fingerprint density at radius 1 is 1.29 bits per heavy atom. The fraction of sp³-hybridized carbons (Fsp3) is 0.176. The van der Waals surface area contributed by atoms with Gasteiger partial charge in [-0.15, -0.1) is 0 Å². The molecule has 24 heavy (non-hydrogen) atoms. The van der Waals surface area contributed by atoms with E-state index in [1.807, 2.05) is 30.6 Å². The van der Waals surface area contributed by atoms with E-state index in [9.17, 15) is 9.18 Å². The van der Waals surface area contributed by atoms with E-state index in [1.165, 1.54) is 22.7 Å². The van der Waals surface area contributed by atoms with Crippen LogP contribution in [0.25, 0.3) is 11.8 Å². The Labute approximate surface area is 154 Å². The van der Waals surface area contributed by atoms with Gasteiger partial charge in [-0.2, -0.15) is 0 Å². The molecule has 0 saturated carbocycles. The molecule has 2 aromatic rings. The molecular formula is C17H14ClFN2OS2. The highest BCUT2D eigenvalue weighted by atomic mass is 35.5. The van der Waals surface area contributed by atoms with E-state index in [-0.39, 0.29) is 10.9 Å². The van der Waals surface area contributed by atoms with Crippen molar-refractivity contribution < 1.29 is 9.18 Å². The minimum atomic E-state index is -0.449. The van der Waals surface area contributed by atoms with E-state index >= 15 is 0 Å². The molecule has 3 rings (SSSR count). The summed E-state index contributed by atoms with van der Waals surface area (Å²) in [7, 11) is 1.67. The molecule has 1 aliphatic heterocycles. The number of benzene rings is 1. The van der Waals surface area contributed by atoms with Gasteiger partial charge in [-0.3, -0.25) is 9.69 Å². The molecule has 1 fully saturated rings. The average molecular weight is 381 g/mol. The molecule has 1 aromatic carbocycles. The second-order valence-electron chi connectivity index (χ2n) is 5.50. The first kappa shape index (κ1) is 17.2. The number of amides is 1. The summed E-state index contributed by atoms with van der Waals surface area (Å²) in [5.41, 5.74) is 3.60. The molecule has 0 aliphatic carbocycles. The Kier molecular flexibility index (Phi) is 4.55. The van der Waals surface area contributed by atoms with Gasteiger partial charge in [0.05, 0.1) is 9.93 Å². The Bertz CT molecular complexity index is 904. The number of aryl methyl sites for hydroxylation is 1. The van der Waals surface area contributed by atoms with Crippen LogP contribution in [0.15, 0.2) is 29.2 Å². The van der Waals surface area contributed by atoms with Crippen molar-refractivity contribution in [2.45, 2.75) is 13.8 Å². The van der Waals surface area contributed by atoms with Crippen LogP contribution in [0.4, 0.5) is 4.39 Å². The van der Waals surface area contributed by atoms with Crippen molar-refractivity contribution in [3.8, 4) is 5.69 Å². The Balaban J connectivity index is 2.06. The molecule has 3 nitrogen and oxygen atoms in total. The molecule has 7 heteroatoms. The van der Waals surface area contributed by atoms with Crippen LogP contribution >= 0.6 is 35.6 Å². The number of nitrogens with zero attached hydrogens (tertiary/aromatic N) is 2. The molecule has 1 aromatic heterocycles. The van der Waals surface area contributed by atoms with Gasteiger partial charge >= 0.3 is 0 Å². The topological polar surface area (TPSA) is 25.2 Å². The standard InChI is InChI=1S/C17H14ClFN2OS2/c1-9-6-11(7-15-16(22)20(3)17(23)24-15)10(2)21(9)12-4-5-14(19)13(18)8-12/h4-8H,1-3H3. The monoisotopic (exact) mass is 380 g/mol. The number of carbonyl (C=O) groups excluding carboxylic acids is 1. The van der Waals surface area contributed by atoms with Crippen molar-refractivity contribution in [1.29, 1.82) is 0 Å². The van der Waals surface area contributed by atoms with E-state index in [2.05, 4.69) is 0 Å². The first-order valence-electron chi connectivity index (χ1n) is 7.15. The number of halogens is 2. The van der Waals surface area contributed by atoms with Crippen LogP contribution in [0, 0.1) is 19.7 Å². The maximum Gasteiger partial charge on any atom is 0.265 e.